The van der Waals surface area contributed by atoms with Gasteiger partial charge in [0.05, 0.1) is 12.5 Å². The molecule has 5 heteroatoms. The minimum Gasteiger partial charge on any atom is -0.508 e. The summed E-state index contributed by atoms with van der Waals surface area (Å²) in [5.41, 5.74) is 1.78. The molecule has 0 radical (unpaired) electrons. The van der Waals surface area contributed by atoms with E-state index in [9.17, 15) is 15.0 Å². The van der Waals surface area contributed by atoms with E-state index in [1.165, 1.54) is 0 Å². The fourth-order valence-corrected chi connectivity index (χ4v) is 3.61. The van der Waals surface area contributed by atoms with Gasteiger partial charge in [0.25, 0.3) is 0 Å². The second-order valence-corrected chi connectivity index (χ2v) is 7.36. The van der Waals surface area contributed by atoms with E-state index < -0.39 is 6.10 Å². The number of rotatable bonds is 6. The Labute approximate surface area is 160 Å². The lowest BCUT2D eigenvalue weighted by atomic mass is 9.96. The molecule has 0 aromatic heterocycles. The third-order valence-electron chi connectivity index (χ3n) is 5.22. The Morgan fingerprint density at radius 1 is 1.04 bits per heavy atom. The number of hydrogen-bond acceptors (Lipinski definition) is 4. The van der Waals surface area contributed by atoms with Gasteiger partial charge in [0.1, 0.15) is 5.75 Å². The zero-order valence-corrected chi connectivity index (χ0v) is 15.8. The van der Waals surface area contributed by atoms with E-state index in [0.29, 0.717) is 6.42 Å². The number of aromatic hydroxyl groups is 1. The van der Waals surface area contributed by atoms with E-state index in [0.717, 1.165) is 43.9 Å². The predicted octanol–water partition coefficient (Wildman–Crippen LogP) is 2.45. The Bertz CT molecular complexity index is 742. The fourth-order valence-electron chi connectivity index (χ4n) is 3.61. The van der Waals surface area contributed by atoms with Crippen molar-refractivity contribution in [3.05, 3.63) is 65.7 Å². The fraction of sp³-hybridized carbons (Fsp3) is 0.409. The van der Waals surface area contributed by atoms with Crippen LogP contribution in [0.4, 0.5) is 0 Å². The van der Waals surface area contributed by atoms with Crippen LogP contribution in [-0.2, 0) is 11.2 Å². The van der Waals surface area contributed by atoms with Gasteiger partial charge in [0.15, 0.2) is 0 Å². The van der Waals surface area contributed by atoms with Crippen LogP contribution in [0.15, 0.2) is 54.6 Å². The highest BCUT2D eigenvalue weighted by atomic mass is 16.3. The summed E-state index contributed by atoms with van der Waals surface area (Å²) in [4.78, 5) is 16.7. The zero-order chi connectivity index (χ0) is 19.2. The average Bonchev–Trinajstić information content (AvgIpc) is 2.68. The van der Waals surface area contributed by atoms with Crippen molar-refractivity contribution in [2.45, 2.75) is 19.4 Å². The third kappa shape index (κ3) is 5.31. The van der Waals surface area contributed by atoms with E-state index in [1.807, 2.05) is 48.2 Å². The maximum Gasteiger partial charge on any atom is 0.227 e. The van der Waals surface area contributed by atoms with E-state index >= 15 is 0 Å². The molecule has 27 heavy (non-hydrogen) atoms. The number of piperazine rings is 1. The lowest BCUT2D eigenvalue weighted by molar-refractivity contribution is -0.132. The molecule has 2 aromatic rings. The Kier molecular flexibility index (Phi) is 6.48. The molecule has 1 amide bonds. The Balaban J connectivity index is 1.47. The van der Waals surface area contributed by atoms with E-state index in [1.54, 1.807) is 18.2 Å². The first kappa shape index (κ1) is 19.4. The van der Waals surface area contributed by atoms with Gasteiger partial charge < -0.3 is 15.1 Å². The molecular weight excluding hydrogens is 340 g/mol. The molecule has 1 saturated heterocycles. The van der Waals surface area contributed by atoms with Crippen LogP contribution in [0.3, 0.4) is 0 Å². The van der Waals surface area contributed by atoms with Crippen molar-refractivity contribution in [1.29, 1.82) is 0 Å². The first-order valence-corrected chi connectivity index (χ1v) is 9.54. The highest BCUT2D eigenvalue weighted by Crippen LogP contribution is 2.25. The first-order valence-electron chi connectivity index (χ1n) is 9.54. The van der Waals surface area contributed by atoms with E-state index in [2.05, 4.69) is 4.90 Å². The van der Waals surface area contributed by atoms with Gasteiger partial charge in [-0.1, -0.05) is 49.4 Å². The number of phenolic OH excluding ortho intramolecular Hbond substituents is 1. The quantitative estimate of drug-likeness (QED) is 0.822. The second kappa shape index (κ2) is 9.02. The van der Waals surface area contributed by atoms with Crippen LogP contribution in [0.25, 0.3) is 0 Å². The summed E-state index contributed by atoms with van der Waals surface area (Å²) >= 11 is 0. The van der Waals surface area contributed by atoms with Crippen molar-refractivity contribution in [3.8, 4) is 5.75 Å². The molecular formula is C22H28N2O3. The predicted molar refractivity (Wildman–Crippen MR) is 105 cm³/mol. The standard InChI is InChI=1S/C22H28N2O3/c1-17(22(27)19-8-5-9-20(25)15-19)16-23-10-12-24(13-11-23)21(26)14-18-6-3-2-4-7-18/h2-9,15,17,22,25,27H,10-14,16H2,1H3. The number of carbonyl (C=O) groups excluding carboxylic acids is 1. The first-order chi connectivity index (χ1) is 13.0. The summed E-state index contributed by atoms with van der Waals surface area (Å²) in [6.07, 6.45) is -0.164. The number of aliphatic hydroxyl groups excluding tert-OH is 1. The molecule has 3 rings (SSSR count). The number of benzene rings is 2. The van der Waals surface area contributed by atoms with Gasteiger partial charge in [0, 0.05) is 32.7 Å². The van der Waals surface area contributed by atoms with Gasteiger partial charge in [-0.2, -0.15) is 0 Å². The van der Waals surface area contributed by atoms with Crippen LogP contribution in [0, 0.1) is 5.92 Å². The Morgan fingerprint density at radius 3 is 2.41 bits per heavy atom. The van der Waals surface area contributed by atoms with Crippen molar-refractivity contribution >= 4 is 5.91 Å². The number of nitrogens with zero attached hydrogens (tertiary/aromatic N) is 2. The van der Waals surface area contributed by atoms with Crippen LogP contribution in [0.5, 0.6) is 5.75 Å². The minimum atomic E-state index is -0.616. The highest BCUT2D eigenvalue weighted by Gasteiger charge is 2.25. The maximum atomic E-state index is 12.5. The molecule has 5 nitrogen and oxygen atoms in total. The van der Waals surface area contributed by atoms with Crippen molar-refractivity contribution in [1.82, 2.24) is 9.80 Å². The summed E-state index contributed by atoms with van der Waals surface area (Å²) < 4.78 is 0. The molecule has 0 spiro atoms. The molecule has 144 valence electrons. The molecule has 0 aliphatic carbocycles. The Hall–Kier alpha value is -2.37. The summed E-state index contributed by atoms with van der Waals surface area (Å²) in [6.45, 7) is 5.86. The number of carbonyl (C=O) groups is 1. The normalized spacial score (nSPS) is 17.5. The number of phenols is 1. The third-order valence-corrected chi connectivity index (χ3v) is 5.22. The van der Waals surface area contributed by atoms with Gasteiger partial charge in [0.2, 0.25) is 5.91 Å². The van der Waals surface area contributed by atoms with Gasteiger partial charge >= 0.3 is 0 Å². The molecule has 2 unspecified atom stereocenters. The molecule has 2 N–H and O–H groups in total. The highest BCUT2D eigenvalue weighted by molar-refractivity contribution is 5.78. The van der Waals surface area contributed by atoms with Crippen molar-refractivity contribution < 1.29 is 15.0 Å². The molecule has 2 aromatic carbocycles. The van der Waals surface area contributed by atoms with Crippen LogP contribution in [0.1, 0.15) is 24.2 Å². The smallest absolute Gasteiger partial charge is 0.227 e. The second-order valence-electron chi connectivity index (χ2n) is 7.36. The molecule has 1 aliphatic heterocycles. The number of aliphatic hydroxyl groups is 1. The minimum absolute atomic E-state index is 0.0402. The number of hydrogen-bond donors (Lipinski definition) is 2. The van der Waals surface area contributed by atoms with E-state index in [4.69, 9.17) is 0 Å². The monoisotopic (exact) mass is 368 g/mol. The maximum absolute atomic E-state index is 12.5. The van der Waals surface area contributed by atoms with E-state index in [-0.39, 0.29) is 17.6 Å². The van der Waals surface area contributed by atoms with Gasteiger partial charge in [-0.25, -0.2) is 0 Å². The lowest BCUT2D eigenvalue weighted by Gasteiger charge is -2.36. The van der Waals surface area contributed by atoms with Crippen LogP contribution in [-0.4, -0.2) is 58.6 Å². The Morgan fingerprint density at radius 2 is 1.74 bits per heavy atom. The van der Waals surface area contributed by atoms with Crippen molar-refractivity contribution in [2.75, 3.05) is 32.7 Å². The molecule has 0 saturated carbocycles. The summed E-state index contributed by atoms with van der Waals surface area (Å²) in [6, 6.07) is 16.6. The molecule has 1 fully saturated rings. The van der Waals surface area contributed by atoms with Crippen LogP contribution >= 0.6 is 0 Å². The summed E-state index contributed by atoms with van der Waals surface area (Å²) in [7, 11) is 0. The largest absolute Gasteiger partial charge is 0.508 e. The summed E-state index contributed by atoms with van der Waals surface area (Å²) in [5, 5.41) is 20.1. The molecule has 1 heterocycles. The number of amides is 1. The SMILES string of the molecule is CC(CN1CCN(C(=O)Cc2ccccc2)CC1)C(O)c1cccc(O)c1. The van der Waals surface area contributed by atoms with Gasteiger partial charge in [-0.15, -0.1) is 0 Å². The molecule has 1 aliphatic rings. The molecule has 2 atom stereocenters. The molecule has 0 bridgehead atoms. The van der Waals surface area contributed by atoms with Gasteiger partial charge in [-0.3, -0.25) is 9.69 Å². The van der Waals surface area contributed by atoms with Crippen LogP contribution < -0.4 is 0 Å². The average molecular weight is 368 g/mol. The van der Waals surface area contributed by atoms with Crippen LogP contribution in [0.2, 0.25) is 0 Å². The summed E-state index contributed by atoms with van der Waals surface area (Å²) in [5.74, 6) is 0.386. The van der Waals surface area contributed by atoms with Crippen molar-refractivity contribution in [3.63, 3.8) is 0 Å². The van der Waals surface area contributed by atoms with Crippen molar-refractivity contribution in [2.24, 2.45) is 5.92 Å². The van der Waals surface area contributed by atoms with Gasteiger partial charge in [-0.05, 0) is 29.2 Å². The lowest BCUT2D eigenvalue weighted by Crippen LogP contribution is -2.50. The zero-order valence-electron chi connectivity index (χ0n) is 15.8. The topological polar surface area (TPSA) is 64.0 Å².